The molecule has 0 bridgehead atoms. The molecule has 0 aromatic heterocycles. The summed E-state index contributed by atoms with van der Waals surface area (Å²) in [5, 5.41) is 0. The van der Waals surface area contributed by atoms with Crippen molar-refractivity contribution in [3.63, 3.8) is 0 Å². The van der Waals surface area contributed by atoms with Gasteiger partial charge in [-0.15, -0.1) is 12.6 Å². The van der Waals surface area contributed by atoms with Crippen molar-refractivity contribution in [3.8, 4) is 0 Å². The molecular formula is C12H10FNO2S2. The molecule has 94 valence electrons. The van der Waals surface area contributed by atoms with E-state index in [0.717, 1.165) is 12.1 Å². The van der Waals surface area contributed by atoms with Gasteiger partial charge in [0, 0.05) is 4.90 Å². The van der Waals surface area contributed by atoms with Crippen LogP contribution < -0.4 is 4.72 Å². The molecule has 0 saturated heterocycles. The highest BCUT2D eigenvalue weighted by Crippen LogP contribution is 2.22. The Balaban J connectivity index is 2.33. The van der Waals surface area contributed by atoms with Crippen LogP contribution in [0.15, 0.2) is 58.3 Å². The van der Waals surface area contributed by atoms with Gasteiger partial charge in [0.2, 0.25) is 0 Å². The number of hydrogen-bond acceptors (Lipinski definition) is 3. The number of nitrogens with one attached hydrogen (secondary N) is 1. The Labute approximate surface area is 110 Å². The first-order chi connectivity index (χ1) is 8.49. The van der Waals surface area contributed by atoms with E-state index in [1.54, 1.807) is 24.3 Å². The minimum absolute atomic E-state index is 0.000450. The first kappa shape index (κ1) is 12.9. The van der Waals surface area contributed by atoms with E-state index in [4.69, 9.17) is 0 Å². The van der Waals surface area contributed by atoms with Gasteiger partial charge >= 0.3 is 0 Å². The zero-order valence-electron chi connectivity index (χ0n) is 9.17. The summed E-state index contributed by atoms with van der Waals surface area (Å²) in [7, 11) is -3.72. The van der Waals surface area contributed by atoms with Crippen molar-refractivity contribution in [2.45, 2.75) is 9.79 Å². The molecule has 0 aliphatic carbocycles. The molecule has 2 aromatic rings. The smallest absolute Gasteiger partial charge is 0.261 e. The van der Waals surface area contributed by atoms with Crippen LogP contribution in [0.25, 0.3) is 0 Å². The lowest BCUT2D eigenvalue weighted by molar-refractivity contribution is 0.599. The number of anilines is 1. The van der Waals surface area contributed by atoms with Crippen LogP contribution >= 0.6 is 12.6 Å². The fourth-order valence-corrected chi connectivity index (χ4v) is 2.75. The van der Waals surface area contributed by atoms with Crippen molar-refractivity contribution in [1.82, 2.24) is 0 Å². The highest BCUT2D eigenvalue weighted by molar-refractivity contribution is 7.92. The van der Waals surface area contributed by atoms with Crippen LogP contribution in [0.1, 0.15) is 0 Å². The van der Waals surface area contributed by atoms with Crippen LogP contribution in [0.5, 0.6) is 0 Å². The Kier molecular flexibility index (Phi) is 3.58. The second-order valence-corrected chi connectivity index (χ2v) is 5.74. The second kappa shape index (κ2) is 4.99. The van der Waals surface area contributed by atoms with E-state index < -0.39 is 15.8 Å². The van der Waals surface area contributed by atoms with Crippen molar-refractivity contribution in [1.29, 1.82) is 0 Å². The first-order valence-electron chi connectivity index (χ1n) is 5.05. The molecule has 2 aromatic carbocycles. The van der Waals surface area contributed by atoms with E-state index in [0.29, 0.717) is 10.6 Å². The predicted octanol–water partition coefficient (Wildman–Crippen LogP) is 2.92. The summed E-state index contributed by atoms with van der Waals surface area (Å²) in [6.07, 6.45) is 0. The molecule has 3 nitrogen and oxygen atoms in total. The fraction of sp³-hybridized carbons (Fsp3) is 0. The lowest BCUT2D eigenvalue weighted by Crippen LogP contribution is -2.13. The Morgan fingerprint density at radius 3 is 2.22 bits per heavy atom. The zero-order valence-corrected chi connectivity index (χ0v) is 10.9. The van der Waals surface area contributed by atoms with Crippen LogP contribution in [0.4, 0.5) is 10.1 Å². The number of halogens is 1. The van der Waals surface area contributed by atoms with Gasteiger partial charge in [0.05, 0.1) is 10.6 Å². The third-order valence-electron chi connectivity index (χ3n) is 2.27. The van der Waals surface area contributed by atoms with Gasteiger partial charge in [0.15, 0.2) is 0 Å². The topological polar surface area (TPSA) is 46.2 Å². The Morgan fingerprint density at radius 2 is 1.61 bits per heavy atom. The van der Waals surface area contributed by atoms with E-state index in [-0.39, 0.29) is 4.90 Å². The minimum Gasteiger partial charge on any atom is -0.279 e. The third kappa shape index (κ3) is 2.83. The molecule has 2 rings (SSSR count). The van der Waals surface area contributed by atoms with Crippen LogP contribution in [0.2, 0.25) is 0 Å². The standard InChI is InChI=1S/C12H10FNO2S2/c13-9-5-7-10(8-6-9)18(15,16)14-11-3-1-2-4-12(11)17/h1-8,14,17H. The molecule has 0 unspecified atom stereocenters. The second-order valence-electron chi connectivity index (χ2n) is 3.58. The van der Waals surface area contributed by atoms with Crippen LogP contribution in [-0.4, -0.2) is 8.42 Å². The van der Waals surface area contributed by atoms with Gasteiger partial charge in [0.25, 0.3) is 10.0 Å². The van der Waals surface area contributed by atoms with Crippen molar-refractivity contribution >= 4 is 28.3 Å². The summed E-state index contributed by atoms with van der Waals surface area (Å²) in [6, 6.07) is 11.3. The number of benzene rings is 2. The van der Waals surface area contributed by atoms with Crippen LogP contribution in [0.3, 0.4) is 0 Å². The molecule has 0 spiro atoms. The summed E-state index contributed by atoms with van der Waals surface area (Å²) in [6.45, 7) is 0. The summed E-state index contributed by atoms with van der Waals surface area (Å²) in [5.41, 5.74) is 0.380. The van der Waals surface area contributed by atoms with Crippen molar-refractivity contribution in [3.05, 3.63) is 54.3 Å². The van der Waals surface area contributed by atoms with E-state index in [1.807, 2.05) is 0 Å². The summed E-state index contributed by atoms with van der Waals surface area (Å²) in [4.78, 5) is 0.517. The number of thiol groups is 1. The van der Waals surface area contributed by atoms with E-state index in [9.17, 15) is 12.8 Å². The fourth-order valence-electron chi connectivity index (χ4n) is 1.38. The number of rotatable bonds is 3. The van der Waals surface area contributed by atoms with E-state index in [1.165, 1.54) is 12.1 Å². The number of sulfonamides is 1. The van der Waals surface area contributed by atoms with E-state index >= 15 is 0 Å². The predicted molar refractivity (Wildman–Crippen MR) is 70.9 cm³/mol. The van der Waals surface area contributed by atoms with Gasteiger partial charge in [-0.25, -0.2) is 12.8 Å². The molecule has 0 radical (unpaired) electrons. The largest absolute Gasteiger partial charge is 0.279 e. The van der Waals surface area contributed by atoms with Gasteiger partial charge in [0.1, 0.15) is 5.82 Å². The molecule has 6 heteroatoms. The minimum atomic E-state index is -3.72. The molecule has 0 atom stereocenters. The van der Waals surface area contributed by atoms with Gasteiger partial charge < -0.3 is 0 Å². The summed E-state index contributed by atoms with van der Waals surface area (Å²) in [5.74, 6) is -0.483. The average Bonchev–Trinajstić information content (AvgIpc) is 2.32. The number of hydrogen-bond donors (Lipinski definition) is 2. The quantitative estimate of drug-likeness (QED) is 0.851. The van der Waals surface area contributed by atoms with Crippen molar-refractivity contribution < 1.29 is 12.8 Å². The van der Waals surface area contributed by atoms with Crippen LogP contribution in [-0.2, 0) is 10.0 Å². The average molecular weight is 283 g/mol. The number of para-hydroxylation sites is 1. The Bertz CT molecular complexity index is 654. The van der Waals surface area contributed by atoms with Gasteiger partial charge in [-0.1, -0.05) is 12.1 Å². The SMILES string of the molecule is O=S(=O)(Nc1ccccc1S)c1ccc(F)cc1. The highest BCUT2D eigenvalue weighted by Gasteiger charge is 2.14. The molecule has 0 saturated carbocycles. The maximum absolute atomic E-state index is 12.7. The first-order valence-corrected chi connectivity index (χ1v) is 6.98. The molecule has 0 fully saturated rings. The Hall–Kier alpha value is -1.53. The van der Waals surface area contributed by atoms with Gasteiger partial charge in [-0.3, -0.25) is 4.72 Å². The van der Waals surface area contributed by atoms with E-state index in [2.05, 4.69) is 17.4 Å². The highest BCUT2D eigenvalue weighted by atomic mass is 32.2. The zero-order chi connectivity index (χ0) is 13.2. The molecule has 0 aliphatic heterocycles. The monoisotopic (exact) mass is 283 g/mol. The summed E-state index contributed by atoms with van der Waals surface area (Å²) >= 11 is 4.15. The molecule has 0 amide bonds. The molecule has 0 aliphatic rings. The summed E-state index contributed by atoms with van der Waals surface area (Å²) < 4.78 is 39.1. The lowest BCUT2D eigenvalue weighted by atomic mass is 10.3. The third-order valence-corrected chi connectivity index (χ3v) is 4.04. The maximum Gasteiger partial charge on any atom is 0.261 e. The van der Waals surface area contributed by atoms with Gasteiger partial charge in [-0.2, -0.15) is 0 Å². The maximum atomic E-state index is 12.7. The lowest BCUT2D eigenvalue weighted by Gasteiger charge is -2.09. The van der Waals surface area contributed by atoms with Crippen LogP contribution in [0, 0.1) is 5.82 Å². The van der Waals surface area contributed by atoms with Crippen molar-refractivity contribution in [2.24, 2.45) is 0 Å². The molecular weight excluding hydrogens is 273 g/mol. The normalized spacial score (nSPS) is 11.2. The molecule has 0 heterocycles. The molecule has 1 N–H and O–H groups in total. The molecule has 18 heavy (non-hydrogen) atoms. The Morgan fingerprint density at radius 1 is 1.00 bits per heavy atom. The van der Waals surface area contributed by atoms with Gasteiger partial charge in [-0.05, 0) is 36.4 Å². The van der Waals surface area contributed by atoms with Crippen molar-refractivity contribution in [2.75, 3.05) is 4.72 Å².